The average Bonchev–Trinajstić information content (AvgIpc) is 2.40. The molecule has 0 saturated heterocycles. The van der Waals surface area contributed by atoms with Gasteiger partial charge in [0, 0.05) is 22.6 Å². The molecule has 6 heteroatoms. The van der Waals surface area contributed by atoms with Crippen LogP contribution in [-0.4, -0.2) is 35.3 Å². The van der Waals surface area contributed by atoms with E-state index in [0.717, 1.165) is 5.56 Å². The number of rotatable bonds is 8. The average molecular weight is 297 g/mol. The second-order valence-electron chi connectivity index (χ2n) is 4.27. The molecule has 0 unspecified atom stereocenters. The number of ether oxygens (including phenoxy) is 1. The number of hydrogen-bond acceptors (Lipinski definition) is 5. The van der Waals surface area contributed by atoms with E-state index in [1.54, 1.807) is 18.2 Å². The van der Waals surface area contributed by atoms with Crippen molar-refractivity contribution in [1.29, 1.82) is 0 Å². The normalized spacial score (nSPS) is 11.9. The summed E-state index contributed by atoms with van der Waals surface area (Å²) in [4.78, 5) is 22.0. The van der Waals surface area contributed by atoms with Crippen LogP contribution in [0.4, 0.5) is 0 Å². The third-order valence-corrected chi connectivity index (χ3v) is 3.75. The summed E-state index contributed by atoms with van der Waals surface area (Å²) in [5, 5.41) is 8.73. The molecular weight excluding hydrogens is 278 g/mol. The van der Waals surface area contributed by atoms with Crippen LogP contribution in [0.1, 0.15) is 29.8 Å². The minimum atomic E-state index is -1.01. The van der Waals surface area contributed by atoms with Crippen molar-refractivity contribution < 1.29 is 19.4 Å². The Kier molecular flexibility index (Phi) is 6.54. The van der Waals surface area contributed by atoms with Crippen LogP contribution in [-0.2, 0) is 10.5 Å². The van der Waals surface area contributed by atoms with Crippen molar-refractivity contribution in [2.75, 3.05) is 12.4 Å². The minimum Gasteiger partial charge on any atom is -0.494 e. The quantitative estimate of drug-likeness (QED) is 0.713. The molecule has 1 aromatic carbocycles. The van der Waals surface area contributed by atoms with Gasteiger partial charge < -0.3 is 15.6 Å². The van der Waals surface area contributed by atoms with E-state index in [2.05, 4.69) is 0 Å². The number of ketones is 1. The molecule has 0 bridgehead atoms. The van der Waals surface area contributed by atoms with Crippen LogP contribution in [0.25, 0.3) is 0 Å². The Morgan fingerprint density at radius 3 is 2.70 bits per heavy atom. The number of carbonyl (C=O) groups excluding carboxylic acids is 1. The molecule has 0 heterocycles. The molecule has 0 aromatic heterocycles. The minimum absolute atomic E-state index is 0.0125. The maximum absolute atomic E-state index is 11.4. The van der Waals surface area contributed by atoms with Crippen LogP contribution >= 0.6 is 11.8 Å². The molecule has 0 aliphatic heterocycles. The Morgan fingerprint density at radius 1 is 1.45 bits per heavy atom. The summed E-state index contributed by atoms with van der Waals surface area (Å²) in [6, 6.07) is 4.40. The molecule has 3 N–H and O–H groups in total. The number of carboxylic acids is 1. The second kappa shape index (κ2) is 7.91. The van der Waals surface area contributed by atoms with Crippen molar-refractivity contribution >= 4 is 23.5 Å². The fourth-order valence-electron chi connectivity index (χ4n) is 1.57. The molecule has 1 aromatic rings. The fraction of sp³-hybridized carbons (Fsp3) is 0.429. The monoisotopic (exact) mass is 297 g/mol. The zero-order chi connectivity index (χ0) is 15.1. The predicted molar refractivity (Wildman–Crippen MR) is 79.4 cm³/mol. The smallest absolute Gasteiger partial charge is 0.321 e. The summed E-state index contributed by atoms with van der Waals surface area (Å²) in [5.74, 6) is 0.554. The SMILES string of the molecule is CCOc1ccc(C(C)=O)cc1CSC[C@@H](N)C(=O)O. The number of nitrogens with two attached hydrogens (primary N) is 1. The first-order valence-corrected chi connectivity index (χ1v) is 7.44. The van der Waals surface area contributed by atoms with Gasteiger partial charge in [0.2, 0.25) is 0 Å². The molecule has 0 aliphatic rings. The molecule has 1 rings (SSSR count). The van der Waals surface area contributed by atoms with E-state index in [1.165, 1.54) is 18.7 Å². The highest BCUT2D eigenvalue weighted by atomic mass is 32.2. The van der Waals surface area contributed by atoms with Gasteiger partial charge in [-0.05, 0) is 32.0 Å². The van der Waals surface area contributed by atoms with E-state index in [4.69, 9.17) is 15.6 Å². The molecule has 0 aliphatic carbocycles. The van der Waals surface area contributed by atoms with Gasteiger partial charge in [0.15, 0.2) is 5.78 Å². The van der Waals surface area contributed by atoms with Gasteiger partial charge in [0.05, 0.1) is 6.61 Å². The van der Waals surface area contributed by atoms with Gasteiger partial charge >= 0.3 is 5.97 Å². The second-order valence-corrected chi connectivity index (χ2v) is 5.30. The number of aliphatic carboxylic acids is 1. The molecule has 110 valence electrons. The lowest BCUT2D eigenvalue weighted by molar-refractivity contribution is -0.137. The summed E-state index contributed by atoms with van der Waals surface area (Å²) in [5.41, 5.74) is 6.94. The number of carbonyl (C=O) groups is 2. The predicted octanol–water partition coefficient (Wildman–Crippen LogP) is 1.93. The summed E-state index contributed by atoms with van der Waals surface area (Å²) in [7, 11) is 0. The summed E-state index contributed by atoms with van der Waals surface area (Å²) in [6.45, 7) is 3.93. The molecular formula is C14H19NO4S. The highest BCUT2D eigenvalue weighted by Gasteiger charge is 2.13. The Bertz CT molecular complexity index is 490. The van der Waals surface area contributed by atoms with E-state index in [-0.39, 0.29) is 5.78 Å². The number of carboxylic acid groups (broad SMARTS) is 1. The van der Waals surface area contributed by atoms with Crippen molar-refractivity contribution in [1.82, 2.24) is 0 Å². The number of thioether (sulfide) groups is 1. The number of Topliss-reactive ketones (excluding diaryl/α,β-unsaturated/α-hetero) is 1. The van der Waals surface area contributed by atoms with Crippen LogP contribution in [0.2, 0.25) is 0 Å². The van der Waals surface area contributed by atoms with E-state index in [1.807, 2.05) is 6.92 Å². The molecule has 0 amide bonds. The number of hydrogen-bond donors (Lipinski definition) is 2. The van der Waals surface area contributed by atoms with Gasteiger partial charge in [-0.3, -0.25) is 9.59 Å². The van der Waals surface area contributed by atoms with Crippen LogP contribution in [0.15, 0.2) is 18.2 Å². The molecule has 0 saturated carbocycles. The van der Waals surface area contributed by atoms with Gasteiger partial charge in [0.25, 0.3) is 0 Å². The standard InChI is InChI=1S/C14H19NO4S/c1-3-19-13-5-4-10(9(2)16)6-11(13)7-20-8-12(15)14(17)18/h4-6,12H,3,7-8,15H2,1-2H3,(H,17,18)/t12-/m1/s1. The maximum Gasteiger partial charge on any atom is 0.321 e. The summed E-state index contributed by atoms with van der Waals surface area (Å²) < 4.78 is 5.50. The largest absolute Gasteiger partial charge is 0.494 e. The highest BCUT2D eigenvalue weighted by Crippen LogP contribution is 2.25. The fourth-order valence-corrected chi connectivity index (χ4v) is 2.53. The molecule has 0 radical (unpaired) electrons. The Hall–Kier alpha value is -1.53. The Labute approximate surface area is 122 Å². The lowest BCUT2D eigenvalue weighted by Gasteiger charge is -2.12. The maximum atomic E-state index is 11.4. The molecule has 5 nitrogen and oxygen atoms in total. The first-order chi connectivity index (χ1) is 9.45. The lowest BCUT2D eigenvalue weighted by Crippen LogP contribution is -2.32. The van der Waals surface area contributed by atoms with Crippen molar-refractivity contribution in [2.45, 2.75) is 25.6 Å². The van der Waals surface area contributed by atoms with E-state index >= 15 is 0 Å². The van der Waals surface area contributed by atoms with Gasteiger partial charge in [-0.15, -0.1) is 0 Å². The van der Waals surface area contributed by atoms with Gasteiger partial charge in [-0.1, -0.05) is 0 Å². The van der Waals surface area contributed by atoms with Crippen molar-refractivity contribution in [2.24, 2.45) is 5.73 Å². The van der Waals surface area contributed by atoms with E-state index in [0.29, 0.717) is 29.4 Å². The Balaban J connectivity index is 2.76. The lowest BCUT2D eigenvalue weighted by atomic mass is 10.1. The topological polar surface area (TPSA) is 89.6 Å². The third kappa shape index (κ3) is 4.86. The van der Waals surface area contributed by atoms with Gasteiger partial charge in [-0.25, -0.2) is 0 Å². The zero-order valence-electron chi connectivity index (χ0n) is 11.6. The highest BCUT2D eigenvalue weighted by molar-refractivity contribution is 7.98. The van der Waals surface area contributed by atoms with E-state index < -0.39 is 12.0 Å². The molecule has 20 heavy (non-hydrogen) atoms. The van der Waals surface area contributed by atoms with Crippen molar-refractivity contribution in [3.8, 4) is 5.75 Å². The summed E-state index contributed by atoms with van der Waals surface area (Å²) >= 11 is 1.41. The van der Waals surface area contributed by atoms with Crippen LogP contribution in [0.5, 0.6) is 5.75 Å². The molecule has 0 fully saturated rings. The van der Waals surface area contributed by atoms with E-state index in [9.17, 15) is 9.59 Å². The van der Waals surface area contributed by atoms with Crippen LogP contribution in [0.3, 0.4) is 0 Å². The van der Waals surface area contributed by atoms with Crippen LogP contribution < -0.4 is 10.5 Å². The van der Waals surface area contributed by atoms with Crippen molar-refractivity contribution in [3.05, 3.63) is 29.3 Å². The zero-order valence-corrected chi connectivity index (χ0v) is 12.4. The summed E-state index contributed by atoms with van der Waals surface area (Å²) in [6.07, 6.45) is 0. The first kappa shape index (κ1) is 16.5. The molecule has 0 spiro atoms. The van der Waals surface area contributed by atoms with Crippen molar-refractivity contribution in [3.63, 3.8) is 0 Å². The van der Waals surface area contributed by atoms with Gasteiger partial charge in [-0.2, -0.15) is 11.8 Å². The molecule has 1 atom stereocenters. The third-order valence-electron chi connectivity index (χ3n) is 2.64. The number of benzene rings is 1. The first-order valence-electron chi connectivity index (χ1n) is 6.28. The van der Waals surface area contributed by atoms with Gasteiger partial charge in [0.1, 0.15) is 11.8 Å². The Morgan fingerprint density at radius 2 is 2.15 bits per heavy atom. The van der Waals surface area contributed by atoms with Crippen LogP contribution in [0, 0.1) is 0 Å².